The predicted molar refractivity (Wildman–Crippen MR) is 77.0 cm³/mol. The van der Waals surface area contributed by atoms with Crippen LogP contribution in [0.5, 0.6) is 0 Å². The molecule has 4 saturated carbocycles. The molecular weight excluding hydrogens is 266 g/mol. The van der Waals surface area contributed by atoms with Gasteiger partial charge in [-0.2, -0.15) is 0 Å². The van der Waals surface area contributed by atoms with E-state index in [4.69, 9.17) is 4.52 Å². The van der Waals surface area contributed by atoms with Gasteiger partial charge in [0.15, 0.2) is 0 Å². The molecule has 0 aromatic carbocycles. The first-order chi connectivity index (χ1) is 9.91. The average molecular weight is 289 g/mol. The van der Waals surface area contributed by atoms with Gasteiger partial charge in [0.1, 0.15) is 5.76 Å². The number of carboxylic acids is 1. The van der Waals surface area contributed by atoms with Crippen molar-refractivity contribution >= 4 is 5.97 Å². The van der Waals surface area contributed by atoms with Crippen molar-refractivity contribution in [1.82, 2.24) is 5.16 Å². The molecule has 4 bridgehead atoms. The second kappa shape index (κ2) is 4.11. The lowest BCUT2D eigenvalue weighted by molar-refractivity contribution is -0.146. The van der Waals surface area contributed by atoms with Crippen LogP contribution in [0, 0.1) is 31.1 Å². The molecule has 114 valence electrons. The van der Waals surface area contributed by atoms with Gasteiger partial charge in [-0.15, -0.1) is 0 Å². The molecule has 4 heteroatoms. The maximum atomic E-state index is 11.4. The van der Waals surface area contributed by atoms with Crippen LogP contribution in [-0.2, 0) is 10.2 Å². The topological polar surface area (TPSA) is 63.3 Å². The van der Waals surface area contributed by atoms with E-state index in [1.165, 1.54) is 24.8 Å². The van der Waals surface area contributed by atoms with Crippen LogP contribution in [0.1, 0.15) is 62.0 Å². The van der Waals surface area contributed by atoms with E-state index in [0.29, 0.717) is 18.3 Å². The smallest absolute Gasteiger partial charge is 0.303 e. The fourth-order valence-corrected chi connectivity index (χ4v) is 6.51. The largest absolute Gasteiger partial charge is 0.481 e. The molecule has 0 aliphatic heterocycles. The lowest BCUT2D eigenvalue weighted by Gasteiger charge is -2.62. The summed E-state index contributed by atoms with van der Waals surface area (Å²) in [5.41, 5.74) is 2.46. The van der Waals surface area contributed by atoms with Crippen LogP contribution in [0.4, 0.5) is 0 Å². The van der Waals surface area contributed by atoms with Gasteiger partial charge in [-0.25, -0.2) is 0 Å². The minimum absolute atomic E-state index is 0.0199. The van der Waals surface area contributed by atoms with Gasteiger partial charge >= 0.3 is 5.97 Å². The Labute approximate surface area is 124 Å². The molecule has 5 rings (SSSR count). The van der Waals surface area contributed by atoms with Crippen molar-refractivity contribution in [3.63, 3.8) is 0 Å². The van der Waals surface area contributed by atoms with Crippen molar-refractivity contribution in [1.29, 1.82) is 0 Å². The van der Waals surface area contributed by atoms with Gasteiger partial charge in [-0.3, -0.25) is 4.79 Å². The molecule has 1 aromatic heterocycles. The summed E-state index contributed by atoms with van der Waals surface area (Å²) < 4.78 is 5.43. The number of hydrogen-bond donors (Lipinski definition) is 1. The zero-order chi connectivity index (χ0) is 14.8. The summed E-state index contributed by atoms with van der Waals surface area (Å²) in [4.78, 5) is 11.4. The third-order valence-corrected chi connectivity index (χ3v) is 6.27. The summed E-state index contributed by atoms with van der Waals surface area (Å²) in [7, 11) is 0. The van der Waals surface area contributed by atoms with Gasteiger partial charge in [-0.1, -0.05) is 5.16 Å². The number of nitrogens with zero attached hydrogens (tertiary/aromatic N) is 1. The van der Waals surface area contributed by atoms with E-state index in [2.05, 4.69) is 5.16 Å². The maximum absolute atomic E-state index is 11.4. The van der Waals surface area contributed by atoms with Crippen molar-refractivity contribution in [2.24, 2.45) is 17.3 Å². The van der Waals surface area contributed by atoms with Crippen molar-refractivity contribution in [3.05, 3.63) is 17.0 Å². The van der Waals surface area contributed by atoms with Crippen LogP contribution >= 0.6 is 0 Å². The molecule has 1 heterocycles. The minimum atomic E-state index is -0.633. The van der Waals surface area contributed by atoms with Gasteiger partial charge in [0.25, 0.3) is 0 Å². The molecule has 21 heavy (non-hydrogen) atoms. The molecule has 4 aliphatic rings. The number of carbonyl (C=O) groups is 1. The van der Waals surface area contributed by atoms with E-state index in [1.54, 1.807) is 0 Å². The zero-order valence-corrected chi connectivity index (χ0v) is 12.8. The van der Waals surface area contributed by atoms with E-state index in [1.807, 2.05) is 13.8 Å². The first-order valence-corrected chi connectivity index (χ1v) is 8.07. The number of carboxylic acid groups (broad SMARTS) is 1. The van der Waals surface area contributed by atoms with Crippen LogP contribution < -0.4 is 0 Å². The number of aryl methyl sites for hydroxylation is 2. The normalized spacial score (nSPS) is 40.7. The predicted octanol–water partition coefficient (Wildman–Crippen LogP) is 3.60. The third-order valence-electron chi connectivity index (χ3n) is 6.27. The summed E-state index contributed by atoms with van der Waals surface area (Å²) in [6, 6.07) is 0. The summed E-state index contributed by atoms with van der Waals surface area (Å²) in [6.07, 6.45) is 7.28. The molecule has 0 amide bonds. The van der Waals surface area contributed by atoms with Crippen LogP contribution in [-0.4, -0.2) is 16.2 Å². The first kappa shape index (κ1) is 13.4. The van der Waals surface area contributed by atoms with E-state index < -0.39 is 5.97 Å². The zero-order valence-electron chi connectivity index (χ0n) is 12.8. The molecule has 0 spiro atoms. The highest BCUT2D eigenvalue weighted by atomic mass is 16.5. The van der Waals surface area contributed by atoms with Gasteiger partial charge in [0, 0.05) is 11.0 Å². The molecular formula is C17H23NO3. The van der Waals surface area contributed by atoms with Crippen molar-refractivity contribution in [3.8, 4) is 0 Å². The number of rotatable bonds is 3. The van der Waals surface area contributed by atoms with Gasteiger partial charge < -0.3 is 9.63 Å². The quantitative estimate of drug-likeness (QED) is 0.923. The van der Waals surface area contributed by atoms with Crippen LogP contribution in [0.15, 0.2) is 4.52 Å². The Hall–Kier alpha value is -1.32. The lowest BCUT2D eigenvalue weighted by atomic mass is 9.42. The SMILES string of the molecule is Cc1noc(C)c1C12CC3CC(CC(CC(=O)O)(C3)C1)C2. The maximum Gasteiger partial charge on any atom is 0.303 e. The summed E-state index contributed by atoms with van der Waals surface area (Å²) in [5, 5.41) is 13.5. The van der Waals surface area contributed by atoms with Crippen LogP contribution in [0.25, 0.3) is 0 Å². The Balaban J connectivity index is 1.79. The fourth-order valence-electron chi connectivity index (χ4n) is 6.51. The highest BCUT2D eigenvalue weighted by Crippen LogP contribution is 2.67. The van der Waals surface area contributed by atoms with Gasteiger partial charge in [-0.05, 0) is 69.6 Å². The minimum Gasteiger partial charge on any atom is -0.481 e. The first-order valence-electron chi connectivity index (χ1n) is 8.07. The van der Waals surface area contributed by atoms with E-state index in [0.717, 1.165) is 30.7 Å². The Bertz CT molecular complexity index is 570. The summed E-state index contributed by atoms with van der Waals surface area (Å²) in [5.74, 6) is 1.70. The number of aliphatic carboxylic acids is 1. The second-order valence-electron chi connectivity index (χ2n) is 8.01. The van der Waals surface area contributed by atoms with E-state index in [-0.39, 0.29) is 10.8 Å². The fraction of sp³-hybridized carbons (Fsp3) is 0.765. The number of aromatic nitrogens is 1. The van der Waals surface area contributed by atoms with E-state index in [9.17, 15) is 9.90 Å². The highest BCUT2D eigenvalue weighted by Gasteiger charge is 2.59. The molecule has 4 aliphatic carbocycles. The lowest BCUT2D eigenvalue weighted by Crippen LogP contribution is -2.54. The van der Waals surface area contributed by atoms with Crippen molar-refractivity contribution in [2.75, 3.05) is 0 Å². The third kappa shape index (κ3) is 1.87. The monoisotopic (exact) mass is 289 g/mol. The Morgan fingerprint density at radius 3 is 2.48 bits per heavy atom. The Morgan fingerprint density at radius 1 is 1.29 bits per heavy atom. The number of hydrogen-bond acceptors (Lipinski definition) is 3. The Kier molecular flexibility index (Phi) is 2.61. The van der Waals surface area contributed by atoms with E-state index >= 15 is 0 Å². The molecule has 2 unspecified atom stereocenters. The van der Waals surface area contributed by atoms with Crippen LogP contribution in [0.3, 0.4) is 0 Å². The molecule has 4 fully saturated rings. The Morgan fingerprint density at radius 2 is 1.95 bits per heavy atom. The molecule has 1 aromatic rings. The van der Waals surface area contributed by atoms with Gasteiger partial charge in [0.05, 0.1) is 12.1 Å². The molecule has 1 N–H and O–H groups in total. The van der Waals surface area contributed by atoms with Crippen LogP contribution in [0.2, 0.25) is 0 Å². The summed E-state index contributed by atoms with van der Waals surface area (Å²) >= 11 is 0. The van der Waals surface area contributed by atoms with Crippen molar-refractivity contribution in [2.45, 2.75) is 64.2 Å². The second-order valence-corrected chi connectivity index (χ2v) is 8.01. The average Bonchev–Trinajstić information content (AvgIpc) is 2.65. The van der Waals surface area contributed by atoms with Crippen molar-refractivity contribution < 1.29 is 14.4 Å². The molecule has 2 atom stereocenters. The molecule has 0 radical (unpaired) electrons. The molecule has 0 saturated heterocycles. The van der Waals surface area contributed by atoms with Gasteiger partial charge in [0.2, 0.25) is 0 Å². The molecule has 4 nitrogen and oxygen atoms in total. The highest BCUT2D eigenvalue weighted by molar-refractivity contribution is 5.68. The summed E-state index contributed by atoms with van der Waals surface area (Å²) in [6.45, 7) is 4.05. The standard InChI is InChI=1S/C17H23NO3/c1-10-15(11(2)21-18-10)17-6-12-3-13(7-17)5-16(4-12,9-17)8-14(19)20/h12-13H,3-9H2,1-2H3,(H,19,20).